The molecule has 0 aliphatic heterocycles. The first kappa shape index (κ1) is 32.8. The topological polar surface area (TPSA) is 43.1 Å². The molecule has 4 nitrogen and oxygen atoms in total. The van der Waals surface area contributed by atoms with Crippen molar-refractivity contribution in [2.45, 2.75) is 19.3 Å². The molecule has 58 heavy (non-hydrogen) atoms. The van der Waals surface area contributed by atoms with Gasteiger partial charge in [-0.3, -0.25) is 0 Å². The van der Waals surface area contributed by atoms with E-state index in [0.717, 1.165) is 22.3 Å². The number of hydrogen-bond acceptors (Lipinski definition) is 3. The third kappa shape index (κ3) is 4.72. The summed E-state index contributed by atoms with van der Waals surface area (Å²) in [6, 6.07) is 65.3. The highest BCUT2D eigenvalue weighted by atomic mass is 15.0. The van der Waals surface area contributed by atoms with Gasteiger partial charge in [-0.1, -0.05) is 178 Å². The van der Waals surface area contributed by atoms with Gasteiger partial charge in [-0.2, -0.15) is 0 Å². The van der Waals surface area contributed by atoms with E-state index in [1.54, 1.807) is 0 Å². The minimum Gasteiger partial charge on any atom is -0.307 e. The Balaban J connectivity index is 1.06. The first-order chi connectivity index (χ1) is 28.5. The van der Waals surface area contributed by atoms with E-state index in [2.05, 4.69) is 140 Å². The van der Waals surface area contributed by atoms with Crippen LogP contribution in [-0.4, -0.2) is 19.4 Å². The Morgan fingerprint density at radius 1 is 0.362 bits per heavy atom. The molecule has 0 fully saturated rings. The Morgan fingerprint density at radius 2 is 0.897 bits per heavy atom. The number of fused-ring (bicyclic) bond motifs is 9. The van der Waals surface area contributed by atoms with Crippen LogP contribution in [0.1, 0.15) is 25.0 Å². The lowest BCUT2D eigenvalue weighted by Crippen LogP contribution is -2.14. The molecule has 272 valence electrons. The summed E-state index contributed by atoms with van der Waals surface area (Å²) in [5.74, 6) is 1.95. The summed E-state index contributed by atoms with van der Waals surface area (Å²) < 4.78 is 2.52. The van der Waals surface area contributed by atoms with Crippen LogP contribution in [0.3, 0.4) is 0 Å². The lowest BCUT2D eigenvalue weighted by atomic mass is 9.81. The number of para-hydroxylation sites is 2. The Hall–Kier alpha value is -7.43. The second-order valence-electron chi connectivity index (χ2n) is 16.0. The zero-order valence-corrected chi connectivity index (χ0v) is 32.1. The van der Waals surface area contributed by atoms with Crippen molar-refractivity contribution in [3.05, 3.63) is 193 Å². The summed E-state index contributed by atoms with van der Waals surface area (Å²) in [6.07, 6.45) is 0. The second-order valence-corrected chi connectivity index (χ2v) is 16.0. The molecule has 3 aromatic heterocycles. The molecule has 11 aromatic rings. The highest BCUT2D eigenvalue weighted by molar-refractivity contribution is 6.28. The molecule has 8 aromatic carbocycles. The molecule has 0 amide bonds. The molecule has 0 saturated heterocycles. The van der Waals surface area contributed by atoms with E-state index >= 15 is 0 Å². The Labute approximate surface area is 336 Å². The van der Waals surface area contributed by atoms with Crippen molar-refractivity contribution < 1.29 is 0 Å². The first-order valence-corrected chi connectivity index (χ1v) is 20.0. The largest absolute Gasteiger partial charge is 0.307 e. The molecular weight excluding hydrogens is 705 g/mol. The van der Waals surface area contributed by atoms with Crippen molar-refractivity contribution in [1.82, 2.24) is 19.4 Å². The van der Waals surface area contributed by atoms with Crippen LogP contribution >= 0.6 is 0 Å². The number of hydrogen-bond donors (Lipinski definition) is 0. The quantitative estimate of drug-likeness (QED) is 0.176. The Morgan fingerprint density at radius 3 is 1.67 bits per heavy atom. The third-order valence-electron chi connectivity index (χ3n) is 12.4. The number of rotatable bonds is 5. The monoisotopic (exact) mass is 740 g/mol. The number of nitrogens with zero attached hydrogens (tertiary/aromatic N) is 4. The molecule has 0 bridgehead atoms. The summed E-state index contributed by atoms with van der Waals surface area (Å²) in [5.41, 5.74) is 16.7. The lowest BCUT2D eigenvalue weighted by molar-refractivity contribution is 0.660. The molecule has 0 atom stereocenters. The molecule has 12 rings (SSSR count). The highest BCUT2D eigenvalue weighted by Crippen LogP contribution is 2.51. The van der Waals surface area contributed by atoms with Crippen LogP contribution in [0.15, 0.2) is 182 Å². The highest BCUT2D eigenvalue weighted by Gasteiger charge is 2.35. The van der Waals surface area contributed by atoms with E-state index < -0.39 is 0 Å². The van der Waals surface area contributed by atoms with Crippen LogP contribution in [0.4, 0.5) is 0 Å². The molecule has 0 saturated carbocycles. The van der Waals surface area contributed by atoms with E-state index in [4.69, 9.17) is 15.0 Å². The van der Waals surface area contributed by atoms with Crippen LogP contribution in [0, 0.1) is 0 Å². The fourth-order valence-corrected chi connectivity index (χ4v) is 9.66. The maximum atomic E-state index is 5.06. The number of aromatic nitrogens is 4. The SMILES string of the molecule is CC1(C)c2ccccc2-c2ccc(-c3cccc4c5ccc(-c6cccc(-c7nc(-c8ccccc8)nc(-c8ccccc8)n7)c6)c6c7ccccc7n(c34)c56)cc21. The fourth-order valence-electron chi connectivity index (χ4n) is 9.66. The van der Waals surface area contributed by atoms with Crippen LogP contribution in [-0.2, 0) is 5.41 Å². The van der Waals surface area contributed by atoms with Gasteiger partial charge in [0, 0.05) is 49.2 Å². The van der Waals surface area contributed by atoms with Gasteiger partial charge in [0.25, 0.3) is 0 Å². The van der Waals surface area contributed by atoms with Crippen molar-refractivity contribution >= 4 is 38.1 Å². The fraction of sp³-hybridized carbons (Fsp3) is 0.0556. The Kier molecular flexibility index (Phi) is 6.94. The van der Waals surface area contributed by atoms with Crippen LogP contribution in [0.5, 0.6) is 0 Å². The van der Waals surface area contributed by atoms with Gasteiger partial charge < -0.3 is 4.40 Å². The minimum absolute atomic E-state index is 0.0762. The molecular formula is C54H36N4. The van der Waals surface area contributed by atoms with Gasteiger partial charge >= 0.3 is 0 Å². The van der Waals surface area contributed by atoms with Crippen molar-refractivity contribution in [2.75, 3.05) is 0 Å². The summed E-state index contributed by atoms with van der Waals surface area (Å²) in [4.78, 5) is 15.0. The standard InChI is InChI=1S/C54H36N4/c1-54(2)45-25-11-9-21-40(45)41-28-27-36(32-46(41)54)39-23-14-24-42-43-30-29-38(48-44-22-10-12-26-47(44)58(49(39)42)50(43)48)35-19-13-20-37(31-35)53-56-51(33-15-5-3-6-16-33)55-52(57-53)34-17-7-4-8-18-34/h3-32H,1-2H3. The van der Waals surface area contributed by atoms with E-state index in [9.17, 15) is 0 Å². The van der Waals surface area contributed by atoms with Gasteiger partial charge in [0.2, 0.25) is 0 Å². The van der Waals surface area contributed by atoms with Crippen molar-refractivity contribution in [3.63, 3.8) is 0 Å². The van der Waals surface area contributed by atoms with Crippen molar-refractivity contribution in [3.8, 4) is 67.5 Å². The van der Waals surface area contributed by atoms with Gasteiger partial charge in [0.15, 0.2) is 17.5 Å². The molecule has 1 aliphatic carbocycles. The van der Waals surface area contributed by atoms with Crippen LogP contribution in [0.2, 0.25) is 0 Å². The zero-order valence-electron chi connectivity index (χ0n) is 32.1. The molecule has 0 radical (unpaired) electrons. The zero-order chi connectivity index (χ0) is 38.5. The molecule has 0 spiro atoms. The maximum Gasteiger partial charge on any atom is 0.164 e. The average molecular weight is 741 g/mol. The van der Waals surface area contributed by atoms with Gasteiger partial charge in [0.1, 0.15) is 0 Å². The normalized spacial score (nSPS) is 13.1. The van der Waals surface area contributed by atoms with Crippen LogP contribution < -0.4 is 0 Å². The van der Waals surface area contributed by atoms with E-state index in [-0.39, 0.29) is 5.41 Å². The van der Waals surface area contributed by atoms with E-state index in [1.807, 2.05) is 60.7 Å². The molecule has 0 N–H and O–H groups in total. The predicted molar refractivity (Wildman–Crippen MR) is 239 cm³/mol. The summed E-state index contributed by atoms with van der Waals surface area (Å²) >= 11 is 0. The van der Waals surface area contributed by atoms with Gasteiger partial charge in [-0.25, -0.2) is 15.0 Å². The number of benzene rings is 8. The molecule has 4 heteroatoms. The molecule has 0 unspecified atom stereocenters. The van der Waals surface area contributed by atoms with Crippen molar-refractivity contribution in [2.24, 2.45) is 0 Å². The maximum absolute atomic E-state index is 5.06. The lowest BCUT2D eigenvalue weighted by Gasteiger charge is -2.22. The van der Waals surface area contributed by atoms with Gasteiger partial charge in [-0.15, -0.1) is 0 Å². The molecule has 1 aliphatic rings. The molecule has 3 heterocycles. The Bertz CT molecular complexity index is 3360. The van der Waals surface area contributed by atoms with E-state index in [0.29, 0.717) is 17.5 Å². The summed E-state index contributed by atoms with van der Waals surface area (Å²) in [6.45, 7) is 4.72. The average Bonchev–Trinajstić information content (AvgIpc) is 3.89. The smallest absolute Gasteiger partial charge is 0.164 e. The first-order valence-electron chi connectivity index (χ1n) is 20.0. The third-order valence-corrected chi connectivity index (χ3v) is 12.4. The summed E-state index contributed by atoms with van der Waals surface area (Å²) in [7, 11) is 0. The second kappa shape index (κ2) is 12.3. The van der Waals surface area contributed by atoms with Gasteiger partial charge in [0.05, 0.1) is 16.6 Å². The van der Waals surface area contributed by atoms with Gasteiger partial charge in [-0.05, 0) is 57.1 Å². The minimum atomic E-state index is -0.0762. The van der Waals surface area contributed by atoms with E-state index in [1.165, 1.54) is 77.0 Å². The summed E-state index contributed by atoms with van der Waals surface area (Å²) in [5, 5.41) is 5.01. The predicted octanol–water partition coefficient (Wildman–Crippen LogP) is 13.7. The van der Waals surface area contributed by atoms with Crippen LogP contribution in [0.25, 0.3) is 106 Å². The van der Waals surface area contributed by atoms with Crippen molar-refractivity contribution in [1.29, 1.82) is 0 Å².